The number of unbranched alkanes of at least 4 members (excludes halogenated alkanes) is 1. The van der Waals surface area contributed by atoms with Crippen LogP contribution in [0.15, 0.2) is 12.4 Å². The van der Waals surface area contributed by atoms with Crippen LogP contribution < -0.4 is 0 Å². The number of rotatable bonds is 6. The molecule has 0 spiro atoms. The number of carbonyl (C=O) groups is 3. The lowest BCUT2D eigenvalue weighted by Gasteiger charge is -2.35. The van der Waals surface area contributed by atoms with E-state index in [1.807, 2.05) is 4.90 Å². The molecule has 1 unspecified atom stereocenters. The minimum absolute atomic E-state index is 0.0370. The van der Waals surface area contributed by atoms with Crippen LogP contribution in [-0.4, -0.2) is 73.2 Å². The van der Waals surface area contributed by atoms with Crippen LogP contribution in [0.3, 0.4) is 0 Å². The first-order valence-corrected chi connectivity index (χ1v) is 10.6. The second-order valence-electron chi connectivity index (χ2n) is 7.05. The number of aromatic carboxylic acids is 1. The Kier molecular flexibility index (Phi) is 6.41. The number of likely N-dealkylation sites (tertiary alicyclic amines) is 1. The van der Waals surface area contributed by atoms with Gasteiger partial charge in [-0.3, -0.25) is 14.3 Å². The molecule has 9 heteroatoms. The van der Waals surface area contributed by atoms with E-state index in [0.717, 1.165) is 25.7 Å². The van der Waals surface area contributed by atoms with Gasteiger partial charge in [-0.2, -0.15) is 5.10 Å². The predicted octanol–water partition coefficient (Wildman–Crippen LogP) is 1.84. The van der Waals surface area contributed by atoms with Crippen molar-refractivity contribution in [1.82, 2.24) is 19.6 Å². The van der Waals surface area contributed by atoms with Gasteiger partial charge in [0.15, 0.2) is 0 Å². The fraction of sp³-hybridized carbons (Fsp3) is 0.667. The molecule has 1 aromatic rings. The number of amides is 2. The number of carboxylic acid groups (broad SMARTS) is 1. The standard InChI is InChI=1S/C18H26N4O4S/c1-2-3-4-16(23)21-12-27-11-15(21)17(24)20-7-5-14(6-8-20)22-10-13(9-19-22)18(25)26/h9-10,14-15H,2-8,11-12H2,1H3,(H,25,26). The second-order valence-corrected chi connectivity index (χ2v) is 8.05. The average molecular weight is 394 g/mol. The largest absolute Gasteiger partial charge is 0.478 e. The summed E-state index contributed by atoms with van der Waals surface area (Å²) in [5.41, 5.74) is 0.178. The Balaban J connectivity index is 1.56. The van der Waals surface area contributed by atoms with Crippen molar-refractivity contribution in [2.45, 2.75) is 51.1 Å². The summed E-state index contributed by atoms with van der Waals surface area (Å²) in [4.78, 5) is 39.9. The van der Waals surface area contributed by atoms with Crippen LogP contribution in [0.25, 0.3) is 0 Å². The first kappa shape index (κ1) is 19.7. The Morgan fingerprint density at radius 3 is 2.67 bits per heavy atom. The molecule has 0 saturated carbocycles. The van der Waals surface area contributed by atoms with Crippen molar-refractivity contribution in [3.8, 4) is 0 Å². The molecule has 1 aromatic heterocycles. The molecule has 2 aliphatic rings. The Labute approximate surface area is 162 Å². The summed E-state index contributed by atoms with van der Waals surface area (Å²) in [5.74, 6) is 0.390. The summed E-state index contributed by atoms with van der Waals surface area (Å²) >= 11 is 1.64. The lowest BCUT2D eigenvalue weighted by molar-refractivity contribution is -0.144. The number of hydrogen-bond donors (Lipinski definition) is 1. The van der Waals surface area contributed by atoms with Crippen LogP contribution in [0.1, 0.15) is 55.4 Å². The number of hydrogen-bond acceptors (Lipinski definition) is 5. The van der Waals surface area contributed by atoms with E-state index in [1.165, 1.54) is 6.20 Å². The molecule has 3 heterocycles. The minimum Gasteiger partial charge on any atom is -0.478 e. The lowest BCUT2D eigenvalue weighted by atomic mass is 10.0. The molecule has 0 bridgehead atoms. The molecule has 2 amide bonds. The topological polar surface area (TPSA) is 95.7 Å². The van der Waals surface area contributed by atoms with E-state index in [9.17, 15) is 14.4 Å². The molecule has 1 atom stereocenters. The molecule has 2 saturated heterocycles. The van der Waals surface area contributed by atoms with E-state index >= 15 is 0 Å². The van der Waals surface area contributed by atoms with Gasteiger partial charge < -0.3 is 14.9 Å². The number of nitrogens with zero attached hydrogens (tertiary/aromatic N) is 4. The smallest absolute Gasteiger partial charge is 0.338 e. The third-order valence-electron chi connectivity index (χ3n) is 5.23. The summed E-state index contributed by atoms with van der Waals surface area (Å²) in [5, 5.41) is 13.2. The normalized spacial score (nSPS) is 20.9. The van der Waals surface area contributed by atoms with E-state index in [4.69, 9.17) is 5.11 Å². The van der Waals surface area contributed by atoms with Crippen molar-refractivity contribution >= 4 is 29.5 Å². The van der Waals surface area contributed by atoms with Gasteiger partial charge in [-0.05, 0) is 19.3 Å². The van der Waals surface area contributed by atoms with Crippen molar-refractivity contribution < 1.29 is 19.5 Å². The summed E-state index contributed by atoms with van der Waals surface area (Å²) in [6, 6.07) is -0.249. The molecule has 0 radical (unpaired) electrons. The number of carboxylic acids is 1. The number of carbonyl (C=O) groups excluding carboxylic acids is 2. The minimum atomic E-state index is -0.986. The zero-order valence-electron chi connectivity index (χ0n) is 15.5. The fourth-order valence-corrected chi connectivity index (χ4v) is 4.75. The Morgan fingerprint density at radius 1 is 1.30 bits per heavy atom. The van der Waals surface area contributed by atoms with E-state index in [-0.39, 0.29) is 29.5 Å². The molecule has 3 rings (SSSR count). The Bertz CT molecular complexity index is 699. The van der Waals surface area contributed by atoms with E-state index in [0.29, 0.717) is 31.1 Å². The highest BCUT2D eigenvalue weighted by atomic mass is 32.2. The highest BCUT2D eigenvalue weighted by molar-refractivity contribution is 7.99. The first-order chi connectivity index (χ1) is 13.0. The number of piperidine rings is 1. The highest BCUT2D eigenvalue weighted by Gasteiger charge is 2.37. The molecule has 0 aromatic carbocycles. The second kappa shape index (κ2) is 8.77. The zero-order valence-corrected chi connectivity index (χ0v) is 16.4. The van der Waals surface area contributed by atoms with Gasteiger partial charge in [-0.1, -0.05) is 13.3 Å². The lowest BCUT2D eigenvalue weighted by Crippen LogP contribution is -2.51. The maximum Gasteiger partial charge on any atom is 0.338 e. The molecule has 2 aliphatic heterocycles. The van der Waals surface area contributed by atoms with E-state index in [2.05, 4.69) is 12.0 Å². The van der Waals surface area contributed by atoms with Gasteiger partial charge >= 0.3 is 5.97 Å². The van der Waals surface area contributed by atoms with Crippen molar-refractivity contribution in [2.24, 2.45) is 0 Å². The van der Waals surface area contributed by atoms with E-state index in [1.54, 1.807) is 27.5 Å². The molecule has 1 N–H and O–H groups in total. The summed E-state index contributed by atoms with van der Waals surface area (Å²) in [7, 11) is 0. The van der Waals surface area contributed by atoms with Crippen LogP contribution in [0.4, 0.5) is 0 Å². The van der Waals surface area contributed by atoms with Gasteiger partial charge in [0.1, 0.15) is 6.04 Å². The summed E-state index contributed by atoms with van der Waals surface area (Å²) in [6.07, 6.45) is 6.70. The Morgan fingerprint density at radius 2 is 2.04 bits per heavy atom. The van der Waals surface area contributed by atoms with Crippen molar-refractivity contribution in [2.75, 3.05) is 24.7 Å². The van der Waals surface area contributed by atoms with Gasteiger partial charge in [-0.25, -0.2) is 4.79 Å². The molecule has 8 nitrogen and oxygen atoms in total. The number of thioether (sulfide) groups is 1. The summed E-state index contributed by atoms with van der Waals surface area (Å²) in [6.45, 7) is 3.26. The fourth-order valence-electron chi connectivity index (χ4n) is 3.57. The molecule has 148 valence electrons. The SMILES string of the molecule is CCCCC(=O)N1CSCC1C(=O)N1CCC(n2cc(C(=O)O)cn2)CC1. The van der Waals surface area contributed by atoms with Crippen molar-refractivity contribution in [1.29, 1.82) is 0 Å². The highest BCUT2D eigenvalue weighted by Crippen LogP contribution is 2.27. The van der Waals surface area contributed by atoms with Crippen LogP contribution in [0, 0.1) is 0 Å². The Hall–Kier alpha value is -2.03. The maximum atomic E-state index is 12.9. The monoisotopic (exact) mass is 394 g/mol. The van der Waals surface area contributed by atoms with Gasteiger partial charge in [0.25, 0.3) is 0 Å². The van der Waals surface area contributed by atoms with E-state index < -0.39 is 5.97 Å². The molecule has 2 fully saturated rings. The third kappa shape index (κ3) is 4.45. The van der Waals surface area contributed by atoms with Crippen molar-refractivity contribution in [3.05, 3.63) is 18.0 Å². The van der Waals surface area contributed by atoms with Crippen molar-refractivity contribution in [3.63, 3.8) is 0 Å². The number of aromatic nitrogens is 2. The van der Waals surface area contributed by atoms with Crippen LogP contribution in [-0.2, 0) is 9.59 Å². The van der Waals surface area contributed by atoms with Crippen LogP contribution >= 0.6 is 11.8 Å². The predicted molar refractivity (Wildman–Crippen MR) is 102 cm³/mol. The van der Waals surface area contributed by atoms with Gasteiger partial charge in [0.05, 0.1) is 23.7 Å². The molecular weight excluding hydrogens is 368 g/mol. The molecule has 0 aliphatic carbocycles. The maximum absolute atomic E-state index is 12.9. The average Bonchev–Trinajstić information content (AvgIpc) is 3.35. The van der Waals surface area contributed by atoms with Crippen LogP contribution in [0.2, 0.25) is 0 Å². The van der Waals surface area contributed by atoms with Gasteiger partial charge in [0.2, 0.25) is 11.8 Å². The van der Waals surface area contributed by atoms with Gasteiger partial charge in [0, 0.05) is 31.5 Å². The molecular formula is C18H26N4O4S. The third-order valence-corrected chi connectivity index (χ3v) is 6.24. The zero-order chi connectivity index (χ0) is 19.4. The first-order valence-electron chi connectivity index (χ1n) is 9.44. The van der Waals surface area contributed by atoms with Gasteiger partial charge in [-0.15, -0.1) is 11.8 Å². The summed E-state index contributed by atoms with van der Waals surface area (Å²) < 4.78 is 1.69. The molecule has 27 heavy (non-hydrogen) atoms. The van der Waals surface area contributed by atoms with Crippen LogP contribution in [0.5, 0.6) is 0 Å². The quantitative estimate of drug-likeness (QED) is 0.791.